The largest absolute Gasteiger partial charge is 0.465 e. The van der Waals surface area contributed by atoms with Gasteiger partial charge in [0.25, 0.3) is 5.69 Å². The lowest BCUT2D eigenvalue weighted by molar-refractivity contribution is -0.385. The third-order valence-corrected chi connectivity index (χ3v) is 2.97. The van der Waals surface area contributed by atoms with E-state index in [1.807, 2.05) is 26.0 Å². The van der Waals surface area contributed by atoms with Crippen molar-refractivity contribution in [3.63, 3.8) is 0 Å². The molecular formula is C14H16N2O3. The smallest absolute Gasteiger partial charge is 0.273 e. The highest BCUT2D eigenvalue weighted by Crippen LogP contribution is 2.20. The van der Waals surface area contributed by atoms with Gasteiger partial charge in [-0.05, 0) is 26.0 Å². The van der Waals surface area contributed by atoms with E-state index in [9.17, 15) is 10.1 Å². The van der Waals surface area contributed by atoms with Crippen molar-refractivity contribution in [1.82, 2.24) is 5.32 Å². The second kappa shape index (κ2) is 5.67. The van der Waals surface area contributed by atoms with Crippen molar-refractivity contribution in [3.8, 4) is 0 Å². The van der Waals surface area contributed by atoms with Crippen molar-refractivity contribution in [2.75, 3.05) is 0 Å². The van der Waals surface area contributed by atoms with Crippen LogP contribution in [0.4, 0.5) is 5.69 Å². The molecule has 1 heterocycles. The number of aryl methyl sites for hydroxylation is 1. The lowest BCUT2D eigenvalue weighted by Crippen LogP contribution is -2.18. The van der Waals surface area contributed by atoms with Crippen LogP contribution in [0.25, 0.3) is 0 Å². The van der Waals surface area contributed by atoms with Gasteiger partial charge in [-0.25, -0.2) is 0 Å². The first-order valence-electron chi connectivity index (χ1n) is 6.10. The standard InChI is InChI=1S/C14H16N2O3/c1-10-7-8-14(19-10)11(2)15-9-12-5-3-4-6-13(12)16(17)18/h3-8,11,15H,9H2,1-2H3. The van der Waals surface area contributed by atoms with E-state index in [1.54, 1.807) is 18.2 Å². The van der Waals surface area contributed by atoms with Crippen LogP contribution in [0.2, 0.25) is 0 Å². The third kappa shape index (κ3) is 3.20. The van der Waals surface area contributed by atoms with Gasteiger partial charge in [-0.1, -0.05) is 18.2 Å². The van der Waals surface area contributed by atoms with Crippen molar-refractivity contribution < 1.29 is 9.34 Å². The molecule has 1 atom stereocenters. The molecule has 0 aliphatic rings. The van der Waals surface area contributed by atoms with Crippen LogP contribution in [0.15, 0.2) is 40.8 Å². The van der Waals surface area contributed by atoms with E-state index in [0.29, 0.717) is 12.1 Å². The lowest BCUT2D eigenvalue weighted by atomic mass is 10.1. The Labute approximate surface area is 111 Å². The minimum Gasteiger partial charge on any atom is -0.465 e. The van der Waals surface area contributed by atoms with Crippen molar-refractivity contribution in [2.45, 2.75) is 26.4 Å². The molecule has 2 rings (SSSR count). The number of nitro benzene ring substituents is 1. The SMILES string of the molecule is Cc1ccc(C(C)NCc2ccccc2[N+](=O)[O-])o1. The van der Waals surface area contributed by atoms with E-state index in [0.717, 1.165) is 11.5 Å². The van der Waals surface area contributed by atoms with E-state index in [-0.39, 0.29) is 16.7 Å². The number of nitro groups is 1. The maximum absolute atomic E-state index is 10.9. The number of rotatable bonds is 5. The normalized spacial score (nSPS) is 12.3. The number of benzene rings is 1. The fourth-order valence-corrected chi connectivity index (χ4v) is 1.89. The van der Waals surface area contributed by atoms with Crippen molar-refractivity contribution >= 4 is 5.69 Å². The van der Waals surface area contributed by atoms with E-state index in [1.165, 1.54) is 6.07 Å². The Kier molecular flexibility index (Phi) is 3.97. The van der Waals surface area contributed by atoms with Gasteiger partial charge in [0.05, 0.1) is 11.0 Å². The summed E-state index contributed by atoms with van der Waals surface area (Å²) >= 11 is 0. The first kappa shape index (κ1) is 13.3. The fourth-order valence-electron chi connectivity index (χ4n) is 1.89. The number of nitrogens with one attached hydrogen (secondary N) is 1. The number of furan rings is 1. The van der Waals surface area contributed by atoms with E-state index in [2.05, 4.69) is 5.32 Å². The van der Waals surface area contributed by atoms with Crippen LogP contribution >= 0.6 is 0 Å². The first-order valence-corrected chi connectivity index (χ1v) is 6.10. The second-order valence-electron chi connectivity index (χ2n) is 4.44. The molecule has 0 bridgehead atoms. The zero-order chi connectivity index (χ0) is 13.8. The first-order chi connectivity index (χ1) is 9.08. The van der Waals surface area contributed by atoms with Gasteiger partial charge in [0.2, 0.25) is 0 Å². The molecule has 100 valence electrons. The predicted molar refractivity (Wildman–Crippen MR) is 71.8 cm³/mol. The van der Waals surface area contributed by atoms with Gasteiger partial charge in [0.15, 0.2) is 0 Å². The Morgan fingerprint density at radius 3 is 2.68 bits per heavy atom. The molecule has 1 aromatic carbocycles. The van der Waals surface area contributed by atoms with Crippen molar-refractivity contribution in [1.29, 1.82) is 0 Å². The topological polar surface area (TPSA) is 68.3 Å². The number of para-hydroxylation sites is 1. The van der Waals surface area contributed by atoms with Crippen LogP contribution in [-0.4, -0.2) is 4.92 Å². The van der Waals surface area contributed by atoms with Gasteiger partial charge in [-0.2, -0.15) is 0 Å². The molecule has 1 aromatic heterocycles. The molecule has 1 unspecified atom stereocenters. The van der Waals surface area contributed by atoms with E-state index < -0.39 is 0 Å². The van der Waals surface area contributed by atoms with Gasteiger partial charge in [0, 0.05) is 18.2 Å². The minimum atomic E-state index is -0.362. The van der Waals surface area contributed by atoms with Gasteiger partial charge in [-0.15, -0.1) is 0 Å². The van der Waals surface area contributed by atoms with Crippen LogP contribution in [0.1, 0.15) is 30.0 Å². The maximum atomic E-state index is 10.9. The molecule has 0 fully saturated rings. The summed E-state index contributed by atoms with van der Waals surface area (Å²) in [6.07, 6.45) is 0. The van der Waals surface area contributed by atoms with E-state index >= 15 is 0 Å². The van der Waals surface area contributed by atoms with Crippen LogP contribution in [-0.2, 0) is 6.54 Å². The average Bonchev–Trinajstić information content (AvgIpc) is 2.83. The quantitative estimate of drug-likeness (QED) is 0.661. The zero-order valence-electron chi connectivity index (χ0n) is 10.9. The van der Waals surface area contributed by atoms with E-state index in [4.69, 9.17) is 4.42 Å². The number of nitrogens with zero attached hydrogens (tertiary/aromatic N) is 1. The highest BCUT2D eigenvalue weighted by molar-refractivity contribution is 5.39. The highest BCUT2D eigenvalue weighted by Gasteiger charge is 2.14. The Morgan fingerprint density at radius 2 is 2.05 bits per heavy atom. The monoisotopic (exact) mass is 260 g/mol. The van der Waals surface area contributed by atoms with Gasteiger partial charge in [0.1, 0.15) is 11.5 Å². The Balaban J connectivity index is 2.05. The molecule has 1 N–H and O–H groups in total. The van der Waals surface area contributed by atoms with Gasteiger partial charge >= 0.3 is 0 Å². The molecule has 0 amide bonds. The number of hydrogen-bond donors (Lipinski definition) is 1. The molecule has 0 aliphatic carbocycles. The molecular weight excluding hydrogens is 244 g/mol. The maximum Gasteiger partial charge on any atom is 0.273 e. The summed E-state index contributed by atoms with van der Waals surface area (Å²) in [6.45, 7) is 4.28. The molecule has 0 radical (unpaired) electrons. The molecule has 19 heavy (non-hydrogen) atoms. The summed E-state index contributed by atoms with van der Waals surface area (Å²) in [5.41, 5.74) is 0.806. The fraction of sp³-hybridized carbons (Fsp3) is 0.286. The summed E-state index contributed by atoms with van der Waals surface area (Å²) in [4.78, 5) is 10.5. The average molecular weight is 260 g/mol. The Hall–Kier alpha value is -2.14. The summed E-state index contributed by atoms with van der Waals surface area (Å²) in [5, 5.41) is 14.1. The third-order valence-electron chi connectivity index (χ3n) is 2.97. The minimum absolute atomic E-state index is 0.00788. The molecule has 0 spiro atoms. The molecule has 0 saturated carbocycles. The Bertz CT molecular complexity index is 578. The summed E-state index contributed by atoms with van der Waals surface area (Å²) in [7, 11) is 0. The van der Waals surface area contributed by atoms with Gasteiger partial charge < -0.3 is 9.73 Å². The second-order valence-corrected chi connectivity index (χ2v) is 4.44. The van der Waals surface area contributed by atoms with Crippen molar-refractivity contribution in [2.24, 2.45) is 0 Å². The van der Waals surface area contributed by atoms with Crippen LogP contribution in [0, 0.1) is 17.0 Å². The molecule has 0 saturated heterocycles. The highest BCUT2D eigenvalue weighted by atomic mass is 16.6. The summed E-state index contributed by atoms with van der Waals surface area (Å²) in [5.74, 6) is 1.69. The van der Waals surface area contributed by atoms with Crippen LogP contribution in [0.5, 0.6) is 0 Å². The molecule has 2 aromatic rings. The summed E-state index contributed by atoms with van der Waals surface area (Å²) in [6, 6.07) is 10.6. The van der Waals surface area contributed by atoms with Gasteiger partial charge in [-0.3, -0.25) is 10.1 Å². The van der Waals surface area contributed by atoms with Crippen LogP contribution in [0.3, 0.4) is 0 Å². The van der Waals surface area contributed by atoms with Crippen molar-refractivity contribution in [3.05, 3.63) is 63.6 Å². The zero-order valence-corrected chi connectivity index (χ0v) is 10.9. The molecule has 5 nitrogen and oxygen atoms in total. The summed E-state index contributed by atoms with van der Waals surface area (Å²) < 4.78 is 5.52. The predicted octanol–water partition coefficient (Wildman–Crippen LogP) is 3.35. The molecule has 0 aliphatic heterocycles. The molecule has 5 heteroatoms. The number of hydrogen-bond acceptors (Lipinski definition) is 4. The lowest BCUT2D eigenvalue weighted by Gasteiger charge is -2.11. The Morgan fingerprint density at radius 1 is 1.32 bits per heavy atom. The van der Waals surface area contributed by atoms with Crippen LogP contribution < -0.4 is 5.32 Å².